The van der Waals surface area contributed by atoms with Crippen LogP contribution in [0.5, 0.6) is 5.88 Å². The second kappa shape index (κ2) is 6.44. The smallest absolute Gasteiger partial charge is 0.256 e. The largest absolute Gasteiger partial charge is 0.481 e. The molecule has 1 atom stereocenters. The zero-order valence-corrected chi connectivity index (χ0v) is 13.6. The Morgan fingerprint density at radius 1 is 1.41 bits per heavy atom. The topological polar surface area (TPSA) is 55.3 Å². The van der Waals surface area contributed by atoms with Gasteiger partial charge in [0.2, 0.25) is 5.88 Å². The number of thiazole rings is 1. The van der Waals surface area contributed by atoms with Crippen molar-refractivity contribution in [2.75, 3.05) is 13.7 Å². The molecule has 0 saturated carbocycles. The molecule has 0 unspecified atom stereocenters. The molecule has 1 aliphatic heterocycles. The van der Waals surface area contributed by atoms with Crippen molar-refractivity contribution in [1.29, 1.82) is 0 Å². The molecule has 116 valence electrons. The summed E-state index contributed by atoms with van der Waals surface area (Å²) in [4.78, 5) is 23.5. The second-order valence-electron chi connectivity index (χ2n) is 5.43. The van der Waals surface area contributed by atoms with Gasteiger partial charge in [0.25, 0.3) is 5.91 Å². The Morgan fingerprint density at radius 3 is 2.91 bits per heavy atom. The molecule has 0 radical (unpaired) electrons. The number of carbonyl (C=O) groups is 1. The van der Waals surface area contributed by atoms with Crippen LogP contribution in [0.25, 0.3) is 0 Å². The minimum atomic E-state index is 0.0210. The maximum Gasteiger partial charge on any atom is 0.256 e. The Morgan fingerprint density at radius 2 is 2.27 bits per heavy atom. The summed E-state index contributed by atoms with van der Waals surface area (Å²) in [7, 11) is 1.56. The summed E-state index contributed by atoms with van der Waals surface area (Å²) in [5.74, 6) is 0.537. The van der Waals surface area contributed by atoms with E-state index >= 15 is 0 Å². The third-order valence-corrected chi connectivity index (χ3v) is 4.94. The molecule has 3 rings (SSSR count). The minimum absolute atomic E-state index is 0.0210. The van der Waals surface area contributed by atoms with Gasteiger partial charge in [-0.25, -0.2) is 9.97 Å². The third-order valence-electron chi connectivity index (χ3n) is 3.88. The number of hydrogen-bond acceptors (Lipinski definition) is 5. The van der Waals surface area contributed by atoms with E-state index in [2.05, 4.69) is 9.97 Å². The molecule has 1 aliphatic rings. The van der Waals surface area contributed by atoms with E-state index in [9.17, 15) is 4.79 Å². The van der Waals surface area contributed by atoms with Crippen LogP contribution >= 0.6 is 11.3 Å². The number of pyridine rings is 1. The van der Waals surface area contributed by atoms with Crippen LogP contribution in [0.1, 0.15) is 46.4 Å². The van der Waals surface area contributed by atoms with Gasteiger partial charge in [-0.05, 0) is 32.3 Å². The van der Waals surface area contributed by atoms with Crippen LogP contribution < -0.4 is 4.74 Å². The molecule has 0 bridgehead atoms. The predicted molar refractivity (Wildman–Crippen MR) is 85.3 cm³/mol. The van der Waals surface area contributed by atoms with Crippen molar-refractivity contribution in [3.63, 3.8) is 0 Å². The summed E-state index contributed by atoms with van der Waals surface area (Å²) >= 11 is 1.64. The van der Waals surface area contributed by atoms with E-state index in [1.54, 1.807) is 36.8 Å². The van der Waals surface area contributed by atoms with Crippen molar-refractivity contribution in [3.8, 4) is 5.88 Å². The van der Waals surface area contributed by atoms with Crippen LogP contribution in [0.4, 0.5) is 0 Å². The first-order valence-electron chi connectivity index (χ1n) is 7.42. The highest BCUT2D eigenvalue weighted by Gasteiger charge is 2.30. The molecule has 1 amide bonds. The van der Waals surface area contributed by atoms with Gasteiger partial charge in [-0.15, -0.1) is 11.3 Å². The lowest BCUT2D eigenvalue weighted by Gasteiger charge is -2.34. The monoisotopic (exact) mass is 317 g/mol. The number of methoxy groups -OCH3 is 1. The van der Waals surface area contributed by atoms with Gasteiger partial charge in [0, 0.05) is 29.9 Å². The fraction of sp³-hybridized carbons (Fsp3) is 0.438. The van der Waals surface area contributed by atoms with Crippen LogP contribution in [0.3, 0.4) is 0 Å². The van der Waals surface area contributed by atoms with Crippen molar-refractivity contribution >= 4 is 17.2 Å². The lowest BCUT2D eigenvalue weighted by molar-refractivity contribution is 0.0610. The lowest BCUT2D eigenvalue weighted by Crippen LogP contribution is -2.38. The maximum atomic E-state index is 12.8. The van der Waals surface area contributed by atoms with Crippen molar-refractivity contribution < 1.29 is 9.53 Å². The molecular weight excluding hydrogens is 298 g/mol. The Balaban J connectivity index is 1.84. The summed E-state index contributed by atoms with van der Waals surface area (Å²) in [6.07, 6.45) is 4.73. The number of likely N-dealkylation sites (tertiary alicyclic amines) is 1. The molecule has 2 aromatic rings. The molecule has 0 aromatic carbocycles. The van der Waals surface area contributed by atoms with Gasteiger partial charge in [-0.1, -0.05) is 0 Å². The zero-order chi connectivity index (χ0) is 15.5. The molecule has 2 aromatic heterocycles. The quantitative estimate of drug-likeness (QED) is 0.872. The normalized spacial score (nSPS) is 18.3. The fourth-order valence-electron chi connectivity index (χ4n) is 2.75. The summed E-state index contributed by atoms with van der Waals surface area (Å²) in [5, 5.41) is 3.08. The van der Waals surface area contributed by atoms with Crippen molar-refractivity contribution in [2.45, 2.75) is 32.2 Å². The molecule has 1 saturated heterocycles. The summed E-state index contributed by atoms with van der Waals surface area (Å²) in [6, 6.07) is 3.58. The van der Waals surface area contributed by atoms with Crippen molar-refractivity contribution in [1.82, 2.24) is 14.9 Å². The van der Waals surface area contributed by atoms with Crippen LogP contribution in [-0.4, -0.2) is 34.4 Å². The number of aryl methyl sites for hydroxylation is 1. The van der Waals surface area contributed by atoms with Gasteiger partial charge in [0.05, 0.1) is 18.7 Å². The molecule has 0 spiro atoms. The first-order valence-corrected chi connectivity index (χ1v) is 8.30. The van der Waals surface area contributed by atoms with E-state index in [1.165, 1.54) is 0 Å². The Kier molecular flexibility index (Phi) is 4.38. The van der Waals surface area contributed by atoms with E-state index in [-0.39, 0.29) is 11.9 Å². The molecule has 22 heavy (non-hydrogen) atoms. The van der Waals surface area contributed by atoms with Crippen molar-refractivity contribution in [3.05, 3.63) is 40.0 Å². The van der Waals surface area contributed by atoms with E-state index in [0.29, 0.717) is 11.4 Å². The number of amides is 1. The van der Waals surface area contributed by atoms with Crippen molar-refractivity contribution in [2.24, 2.45) is 0 Å². The summed E-state index contributed by atoms with van der Waals surface area (Å²) < 4.78 is 5.04. The van der Waals surface area contributed by atoms with E-state index in [4.69, 9.17) is 4.74 Å². The predicted octanol–water partition coefficient (Wildman–Crippen LogP) is 3.22. The SMILES string of the molecule is COc1ccc(C(=O)N2CCCC[C@@H]2c2nc(C)cs2)cn1. The highest BCUT2D eigenvalue weighted by atomic mass is 32.1. The Labute approximate surface area is 134 Å². The summed E-state index contributed by atoms with van der Waals surface area (Å²) in [5.41, 5.74) is 1.62. The molecule has 6 heteroatoms. The Bertz CT molecular complexity index is 654. The number of nitrogens with zero attached hydrogens (tertiary/aromatic N) is 3. The Hall–Kier alpha value is -1.95. The van der Waals surface area contributed by atoms with Crippen LogP contribution in [0, 0.1) is 6.92 Å². The molecule has 0 aliphatic carbocycles. The van der Waals surface area contributed by atoms with Gasteiger partial charge in [-0.2, -0.15) is 0 Å². The lowest BCUT2D eigenvalue weighted by atomic mass is 10.0. The molecule has 3 heterocycles. The molecule has 1 fully saturated rings. The average Bonchev–Trinajstić information content (AvgIpc) is 3.00. The summed E-state index contributed by atoms with van der Waals surface area (Å²) in [6.45, 7) is 2.76. The van der Waals surface area contributed by atoms with Gasteiger partial charge >= 0.3 is 0 Å². The third kappa shape index (κ3) is 2.97. The van der Waals surface area contributed by atoms with Crippen LogP contribution in [0.2, 0.25) is 0 Å². The number of rotatable bonds is 3. The minimum Gasteiger partial charge on any atom is -0.481 e. The highest BCUT2D eigenvalue weighted by molar-refractivity contribution is 7.09. The maximum absolute atomic E-state index is 12.8. The number of piperidine rings is 1. The first kappa shape index (κ1) is 15.0. The molecular formula is C16H19N3O2S. The van der Waals surface area contributed by atoms with Gasteiger partial charge in [-0.3, -0.25) is 4.79 Å². The van der Waals surface area contributed by atoms with Crippen LogP contribution in [-0.2, 0) is 0 Å². The number of hydrogen-bond donors (Lipinski definition) is 0. The first-order chi connectivity index (χ1) is 10.7. The van der Waals surface area contributed by atoms with Gasteiger partial charge in [0.15, 0.2) is 0 Å². The number of carbonyl (C=O) groups excluding carboxylic acids is 1. The van der Waals surface area contributed by atoms with E-state index in [0.717, 1.165) is 36.5 Å². The second-order valence-corrected chi connectivity index (χ2v) is 6.32. The molecule has 5 nitrogen and oxygen atoms in total. The number of ether oxygens (including phenoxy) is 1. The average molecular weight is 317 g/mol. The van der Waals surface area contributed by atoms with Crippen LogP contribution in [0.15, 0.2) is 23.7 Å². The van der Waals surface area contributed by atoms with E-state index < -0.39 is 0 Å². The zero-order valence-electron chi connectivity index (χ0n) is 12.8. The van der Waals surface area contributed by atoms with E-state index in [1.807, 2.05) is 17.2 Å². The standard InChI is InChI=1S/C16H19N3O2S/c1-11-10-22-15(18-11)13-5-3-4-8-19(13)16(20)12-6-7-14(21-2)17-9-12/h6-7,9-10,13H,3-5,8H2,1-2H3/t13-/m1/s1. The van der Waals surface area contributed by atoms with Gasteiger partial charge in [0.1, 0.15) is 5.01 Å². The number of aromatic nitrogens is 2. The highest BCUT2D eigenvalue weighted by Crippen LogP contribution is 2.33. The van der Waals surface area contributed by atoms with Gasteiger partial charge < -0.3 is 9.64 Å². The molecule has 0 N–H and O–H groups in total. The fourth-order valence-corrected chi connectivity index (χ4v) is 3.69.